The van der Waals surface area contributed by atoms with Gasteiger partial charge in [-0.2, -0.15) is 4.98 Å². The third kappa shape index (κ3) is 2.83. The number of halogens is 1. The summed E-state index contributed by atoms with van der Waals surface area (Å²) in [6.45, 7) is 2.72. The van der Waals surface area contributed by atoms with Gasteiger partial charge in [-0.25, -0.2) is 4.39 Å². The van der Waals surface area contributed by atoms with Crippen LogP contribution in [0.4, 0.5) is 4.39 Å². The Morgan fingerprint density at radius 3 is 2.71 bits per heavy atom. The highest BCUT2D eigenvalue weighted by Gasteiger charge is 2.40. The molecule has 0 amide bonds. The number of hydrogen-bond donors (Lipinski definition) is 1. The molecule has 0 spiro atoms. The molecule has 1 aliphatic heterocycles. The second kappa shape index (κ2) is 6.23. The normalized spacial score (nSPS) is 22.1. The Hall–Kier alpha value is -1.83. The minimum absolute atomic E-state index is 0.278. The van der Waals surface area contributed by atoms with E-state index in [4.69, 9.17) is 15.0 Å². The molecule has 1 saturated heterocycles. The molecular weight excluding hydrogens is 311 g/mol. The molecule has 2 fully saturated rings. The van der Waals surface area contributed by atoms with Crippen molar-refractivity contribution < 1.29 is 13.7 Å². The Labute approximate surface area is 139 Å². The van der Waals surface area contributed by atoms with Crippen LogP contribution in [0.25, 0.3) is 0 Å². The zero-order chi connectivity index (χ0) is 16.6. The van der Waals surface area contributed by atoms with Crippen molar-refractivity contribution in [3.05, 3.63) is 47.4 Å². The van der Waals surface area contributed by atoms with E-state index < -0.39 is 5.54 Å². The highest BCUT2D eigenvalue weighted by atomic mass is 19.1. The zero-order valence-corrected chi connectivity index (χ0v) is 13.4. The maximum absolute atomic E-state index is 13.7. The van der Waals surface area contributed by atoms with Crippen molar-refractivity contribution >= 4 is 0 Å². The lowest BCUT2D eigenvalue weighted by molar-refractivity contribution is 0.0180. The van der Waals surface area contributed by atoms with Crippen LogP contribution in [0.2, 0.25) is 0 Å². The summed E-state index contributed by atoms with van der Waals surface area (Å²) in [6.07, 6.45) is 2.82. The van der Waals surface area contributed by atoms with E-state index >= 15 is 0 Å². The molecule has 1 aromatic carbocycles. The summed E-state index contributed by atoms with van der Waals surface area (Å²) in [5.41, 5.74) is 6.63. The van der Waals surface area contributed by atoms with Gasteiger partial charge in [0.2, 0.25) is 5.89 Å². The fourth-order valence-electron chi connectivity index (χ4n) is 3.35. The zero-order valence-electron chi connectivity index (χ0n) is 13.4. The highest BCUT2D eigenvalue weighted by Crippen LogP contribution is 2.38. The van der Waals surface area contributed by atoms with Crippen LogP contribution in [-0.2, 0) is 10.3 Å². The Bertz CT molecular complexity index is 710. The topological polar surface area (TPSA) is 77.4 Å². The predicted octanol–water partition coefficient (Wildman–Crippen LogP) is 1.97. The van der Waals surface area contributed by atoms with E-state index in [0.717, 1.165) is 37.9 Å². The van der Waals surface area contributed by atoms with E-state index in [1.165, 1.54) is 12.1 Å². The molecule has 6 nitrogen and oxygen atoms in total. The van der Waals surface area contributed by atoms with Crippen LogP contribution in [0.15, 0.2) is 28.8 Å². The predicted molar refractivity (Wildman–Crippen MR) is 84.6 cm³/mol. The molecule has 2 aromatic rings. The van der Waals surface area contributed by atoms with Crippen LogP contribution in [0, 0.1) is 5.82 Å². The number of morpholine rings is 1. The quantitative estimate of drug-likeness (QED) is 0.922. The molecule has 1 aliphatic carbocycles. The molecule has 24 heavy (non-hydrogen) atoms. The first-order valence-electron chi connectivity index (χ1n) is 8.36. The number of ether oxygens (including phenoxy) is 1. The minimum Gasteiger partial charge on any atom is -0.379 e. The van der Waals surface area contributed by atoms with Gasteiger partial charge in [0.1, 0.15) is 11.9 Å². The molecule has 0 bridgehead atoms. The molecule has 7 heteroatoms. The second-order valence-corrected chi connectivity index (χ2v) is 6.57. The first kappa shape index (κ1) is 15.7. The monoisotopic (exact) mass is 332 g/mol. The van der Waals surface area contributed by atoms with E-state index in [0.29, 0.717) is 24.9 Å². The molecule has 2 heterocycles. The molecule has 1 saturated carbocycles. The summed E-state index contributed by atoms with van der Waals surface area (Å²) < 4.78 is 24.7. The average molecular weight is 332 g/mol. The fourth-order valence-corrected chi connectivity index (χ4v) is 3.35. The molecule has 1 aromatic heterocycles. The third-order valence-electron chi connectivity index (χ3n) is 4.94. The molecule has 2 aliphatic rings. The summed E-state index contributed by atoms with van der Waals surface area (Å²) in [6, 6.07) is 6.25. The van der Waals surface area contributed by atoms with Gasteiger partial charge < -0.3 is 15.0 Å². The van der Waals surface area contributed by atoms with Crippen molar-refractivity contribution in [3.63, 3.8) is 0 Å². The maximum atomic E-state index is 13.7. The van der Waals surface area contributed by atoms with Crippen molar-refractivity contribution in [3.8, 4) is 0 Å². The Morgan fingerprint density at radius 2 is 2.04 bits per heavy atom. The highest BCUT2D eigenvalue weighted by molar-refractivity contribution is 5.25. The Kier molecular flexibility index (Phi) is 4.07. The van der Waals surface area contributed by atoms with Crippen LogP contribution in [0.1, 0.15) is 42.6 Å². The van der Waals surface area contributed by atoms with Crippen molar-refractivity contribution in [2.24, 2.45) is 5.73 Å². The molecule has 128 valence electrons. The van der Waals surface area contributed by atoms with Gasteiger partial charge in [-0.05, 0) is 37.0 Å². The molecule has 2 N–H and O–H groups in total. The molecule has 4 rings (SSSR count). The number of nitrogens with zero attached hydrogens (tertiary/aromatic N) is 3. The van der Waals surface area contributed by atoms with Gasteiger partial charge in [-0.1, -0.05) is 17.3 Å². The maximum Gasteiger partial charge on any atom is 0.248 e. The Balaban J connectivity index is 1.69. The molecule has 1 atom stereocenters. The lowest BCUT2D eigenvalue weighted by atomic mass is 9.77. The van der Waals surface area contributed by atoms with Crippen LogP contribution in [0.5, 0.6) is 0 Å². The SMILES string of the molecule is NC1(c2noc(C(c3cccc(F)c3)N3CCOCC3)n2)CCC1. The van der Waals surface area contributed by atoms with Gasteiger partial charge in [-0.3, -0.25) is 4.90 Å². The average Bonchev–Trinajstić information content (AvgIpc) is 3.04. The first-order valence-corrected chi connectivity index (χ1v) is 8.36. The van der Waals surface area contributed by atoms with Crippen LogP contribution < -0.4 is 5.73 Å². The van der Waals surface area contributed by atoms with Gasteiger partial charge in [0.05, 0.1) is 18.8 Å². The van der Waals surface area contributed by atoms with Crippen molar-refractivity contribution in [2.75, 3.05) is 26.3 Å². The number of benzene rings is 1. The molecule has 0 radical (unpaired) electrons. The van der Waals surface area contributed by atoms with Gasteiger partial charge >= 0.3 is 0 Å². The lowest BCUT2D eigenvalue weighted by Crippen LogP contribution is -2.44. The van der Waals surface area contributed by atoms with E-state index in [1.54, 1.807) is 6.07 Å². The molecular formula is C17H21FN4O2. The van der Waals surface area contributed by atoms with Gasteiger partial charge in [0.25, 0.3) is 0 Å². The van der Waals surface area contributed by atoms with Crippen molar-refractivity contribution in [1.82, 2.24) is 15.0 Å². The minimum atomic E-state index is -0.473. The summed E-state index contributed by atoms with van der Waals surface area (Å²) in [7, 11) is 0. The standard InChI is InChI=1S/C17H21FN4O2/c18-13-4-1-3-12(11-13)14(22-7-9-23-10-8-22)15-20-16(21-24-15)17(19)5-2-6-17/h1,3-4,11,14H,2,5-10,19H2. The van der Waals surface area contributed by atoms with Crippen LogP contribution in [0.3, 0.4) is 0 Å². The smallest absolute Gasteiger partial charge is 0.248 e. The van der Waals surface area contributed by atoms with E-state index in [2.05, 4.69) is 15.0 Å². The summed E-state index contributed by atoms with van der Waals surface area (Å²) >= 11 is 0. The van der Waals surface area contributed by atoms with Gasteiger partial charge in [0, 0.05) is 13.1 Å². The fraction of sp³-hybridized carbons (Fsp3) is 0.529. The summed E-state index contributed by atoms with van der Waals surface area (Å²) in [4.78, 5) is 6.76. The number of nitrogens with two attached hydrogens (primary N) is 1. The second-order valence-electron chi connectivity index (χ2n) is 6.57. The van der Waals surface area contributed by atoms with Crippen LogP contribution >= 0.6 is 0 Å². The lowest BCUT2D eigenvalue weighted by Gasteiger charge is -2.34. The van der Waals surface area contributed by atoms with E-state index in [-0.39, 0.29) is 11.9 Å². The number of hydrogen-bond acceptors (Lipinski definition) is 6. The Morgan fingerprint density at radius 1 is 1.25 bits per heavy atom. The number of rotatable bonds is 4. The van der Waals surface area contributed by atoms with E-state index in [9.17, 15) is 4.39 Å². The van der Waals surface area contributed by atoms with Gasteiger partial charge in [-0.15, -0.1) is 0 Å². The first-order chi connectivity index (χ1) is 11.7. The van der Waals surface area contributed by atoms with Gasteiger partial charge in [0.15, 0.2) is 5.82 Å². The molecule has 1 unspecified atom stereocenters. The number of aromatic nitrogens is 2. The summed E-state index contributed by atoms with van der Waals surface area (Å²) in [5, 5.41) is 4.11. The largest absolute Gasteiger partial charge is 0.379 e. The van der Waals surface area contributed by atoms with Crippen molar-refractivity contribution in [2.45, 2.75) is 30.8 Å². The van der Waals surface area contributed by atoms with E-state index in [1.807, 2.05) is 6.07 Å². The van der Waals surface area contributed by atoms with Crippen LogP contribution in [-0.4, -0.2) is 41.3 Å². The summed E-state index contributed by atoms with van der Waals surface area (Å²) in [5.74, 6) is 0.743. The van der Waals surface area contributed by atoms with Crippen molar-refractivity contribution in [1.29, 1.82) is 0 Å². The third-order valence-corrected chi connectivity index (χ3v) is 4.94.